The topological polar surface area (TPSA) is 41.1 Å². The van der Waals surface area contributed by atoms with Gasteiger partial charge in [-0.1, -0.05) is 0 Å². The third kappa shape index (κ3) is 4.46. The van der Waals surface area contributed by atoms with E-state index in [9.17, 15) is 9.18 Å². The van der Waals surface area contributed by atoms with E-state index in [2.05, 4.69) is 10.6 Å². The molecule has 112 valence electrons. The summed E-state index contributed by atoms with van der Waals surface area (Å²) >= 11 is 0. The number of benzene rings is 1. The maximum atomic E-state index is 13.3. The van der Waals surface area contributed by atoms with Gasteiger partial charge in [0.05, 0.1) is 0 Å². The molecule has 1 fully saturated rings. The number of rotatable bonds is 3. The van der Waals surface area contributed by atoms with E-state index < -0.39 is 0 Å². The lowest BCUT2D eigenvalue weighted by Crippen LogP contribution is -2.44. The average molecular weight is 301 g/mol. The summed E-state index contributed by atoms with van der Waals surface area (Å²) in [6.45, 7) is 5.79. The van der Waals surface area contributed by atoms with Crippen LogP contribution in [0, 0.1) is 18.7 Å². The molecule has 0 spiro atoms. The SMILES string of the molecule is Cc1cc(F)cc(C(=O)NC(C)C2CCCNC2)c1.Cl. The molecule has 0 bridgehead atoms. The molecule has 1 amide bonds. The van der Waals surface area contributed by atoms with Gasteiger partial charge in [0.25, 0.3) is 5.91 Å². The fourth-order valence-electron chi connectivity index (χ4n) is 2.58. The van der Waals surface area contributed by atoms with Crippen molar-refractivity contribution in [1.82, 2.24) is 10.6 Å². The molecule has 3 nitrogen and oxygen atoms in total. The Hall–Kier alpha value is -1.13. The molecule has 0 radical (unpaired) electrons. The Bertz CT molecular complexity index is 441. The third-order valence-electron chi connectivity index (χ3n) is 3.71. The Labute approximate surface area is 125 Å². The second-order valence-corrected chi connectivity index (χ2v) is 5.39. The van der Waals surface area contributed by atoms with Crippen LogP contribution in [-0.2, 0) is 0 Å². The molecule has 1 aromatic rings. The number of amides is 1. The Morgan fingerprint density at radius 1 is 1.45 bits per heavy atom. The molecule has 1 aliphatic heterocycles. The van der Waals surface area contributed by atoms with Crippen LogP contribution < -0.4 is 10.6 Å². The molecule has 5 heteroatoms. The smallest absolute Gasteiger partial charge is 0.251 e. The van der Waals surface area contributed by atoms with Gasteiger partial charge in [-0.2, -0.15) is 0 Å². The van der Waals surface area contributed by atoms with Gasteiger partial charge in [0, 0.05) is 11.6 Å². The lowest BCUT2D eigenvalue weighted by Gasteiger charge is -2.29. The van der Waals surface area contributed by atoms with E-state index in [1.807, 2.05) is 6.92 Å². The molecule has 2 N–H and O–H groups in total. The summed E-state index contributed by atoms with van der Waals surface area (Å²) in [5, 5.41) is 6.31. The number of piperidine rings is 1. The van der Waals surface area contributed by atoms with Crippen molar-refractivity contribution in [3.8, 4) is 0 Å². The number of hydrogen-bond donors (Lipinski definition) is 2. The Morgan fingerprint density at radius 2 is 2.20 bits per heavy atom. The highest BCUT2D eigenvalue weighted by Crippen LogP contribution is 2.15. The minimum Gasteiger partial charge on any atom is -0.349 e. The van der Waals surface area contributed by atoms with Crippen molar-refractivity contribution in [3.63, 3.8) is 0 Å². The van der Waals surface area contributed by atoms with Gasteiger partial charge in [0.2, 0.25) is 0 Å². The normalized spacial score (nSPS) is 19.9. The number of carbonyl (C=O) groups excluding carboxylic acids is 1. The first-order chi connectivity index (χ1) is 9.06. The number of aryl methyl sites for hydroxylation is 1. The average Bonchev–Trinajstić information content (AvgIpc) is 2.38. The van der Waals surface area contributed by atoms with E-state index in [-0.39, 0.29) is 30.2 Å². The van der Waals surface area contributed by atoms with E-state index in [4.69, 9.17) is 0 Å². The summed E-state index contributed by atoms with van der Waals surface area (Å²) in [5.41, 5.74) is 1.16. The van der Waals surface area contributed by atoms with E-state index in [1.165, 1.54) is 12.1 Å². The largest absolute Gasteiger partial charge is 0.349 e. The van der Waals surface area contributed by atoms with Gasteiger partial charge in [0.1, 0.15) is 5.82 Å². The zero-order valence-corrected chi connectivity index (χ0v) is 12.7. The van der Waals surface area contributed by atoms with Crippen molar-refractivity contribution in [2.75, 3.05) is 13.1 Å². The molecule has 1 aliphatic rings. The minimum atomic E-state index is -0.364. The molecule has 0 saturated carbocycles. The molecule has 1 aromatic carbocycles. The quantitative estimate of drug-likeness (QED) is 0.901. The lowest BCUT2D eigenvalue weighted by molar-refractivity contribution is 0.0921. The van der Waals surface area contributed by atoms with E-state index in [1.54, 1.807) is 13.0 Å². The number of nitrogens with one attached hydrogen (secondary N) is 2. The Kier molecular flexibility index (Phi) is 6.43. The van der Waals surface area contributed by atoms with Crippen molar-refractivity contribution >= 4 is 18.3 Å². The van der Waals surface area contributed by atoms with Crippen molar-refractivity contribution < 1.29 is 9.18 Å². The molecular formula is C15H22ClFN2O. The van der Waals surface area contributed by atoms with Crippen molar-refractivity contribution in [2.24, 2.45) is 5.92 Å². The molecular weight excluding hydrogens is 279 g/mol. The Morgan fingerprint density at radius 3 is 2.80 bits per heavy atom. The summed E-state index contributed by atoms with van der Waals surface area (Å²) in [6.07, 6.45) is 2.26. The molecule has 1 heterocycles. The van der Waals surface area contributed by atoms with Gasteiger partial charge in [0.15, 0.2) is 0 Å². The highest BCUT2D eigenvalue weighted by Gasteiger charge is 2.21. The molecule has 1 saturated heterocycles. The zero-order chi connectivity index (χ0) is 13.8. The van der Waals surface area contributed by atoms with Gasteiger partial charge >= 0.3 is 0 Å². The fraction of sp³-hybridized carbons (Fsp3) is 0.533. The van der Waals surface area contributed by atoms with Gasteiger partial charge in [-0.25, -0.2) is 4.39 Å². The summed E-state index contributed by atoms with van der Waals surface area (Å²) in [5.74, 6) is -0.106. The maximum absolute atomic E-state index is 13.3. The van der Waals surface area contributed by atoms with Crippen LogP contribution in [0.15, 0.2) is 18.2 Å². The summed E-state index contributed by atoms with van der Waals surface area (Å²) in [7, 11) is 0. The standard InChI is InChI=1S/C15H21FN2O.ClH/c1-10-6-13(8-14(16)7-10)15(19)18-11(2)12-4-3-5-17-9-12;/h6-8,11-12,17H,3-5,9H2,1-2H3,(H,18,19);1H. The second-order valence-electron chi connectivity index (χ2n) is 5.39. The molecule has 0 aliphatic carbocycles. The van der Waals surface area contributed by atoms with Crippen molar-refractivity contribution in [3.05, 3.63) is 35.1 Å². The zero-order valence-electron chi connectivity index (χ0n) is 11.9. The first-order valence-corrected chi connectivity index (χ1v) is 6.85. The van der Waals surface area contributed by atoms with Gasteiger partial charge in [-0.3, -0.25) is 4.79 Å². The number of hydrogen-bond acceptors (Lipinski definition) is 2. The van der Waals surface area contributed by atoms with Crippen LogP contribution in [0.25, 0.3) is 0 Å². The van der Waals surface area contributed by atoms with Gasteiger partial charge in [-0.05, 0) is 69.5 Å². The lowest BCUT2D eigenvalue weighted by atomic mass is 9.92. The highest BCUT2D eigenvalue weighted by molar-refractivity contribution is 5.94. The van der Waals surface area contributed by atoms with E-state index >= 15 is 0 Å². The number of halogens is 2. The first kappa shape index (κ1) is 16.9. The molecule has 2 rings (SSSR count). The molecule has 2 atom stereocenters. The highest BCUT2D eigenvalue weighted by atomic mass is 35.5. The van der Waals surface area contributed by atoms with Crippen LogP contribution in [0.1, 0.15) is 35.7 Å². The summed E-state index contributed by atoms with van der Waals surface area (Å²) < 4.78 is 13.3. The van der Waals surface area contributed by atoms with Crippen LogP contribution in [0.5, 0.6) is 0 Å². The minimum absolute atomic E-state index is 0. The summed E-state index contributed by atoms with van der Waals surface area (Å²) in [4.78, 5) is 12.1. The van der Waals surface area contributed by atoms with Crippen molar-refractivity contribution in [2.45, 2.75) is 32.7 Å². The van der Waals surface area contributed by atoms with E-state index in [0.717, 1.165) is 31.5 Å². The summed E-state index contributed by atoms with van der Waals surface area (Å²) in [6, 6.07) is 4.52. The van der Waals surface area contributed by atoms with Crippen LogP contribution in [0.2, 0.25) is 0 Å². The predicted octanol–water partition coefficient (Wildman–Crippen LogP) is 2.67. The molecule has 2 unspecified atom stereocenters. The van der Waals surface area contributed by atoms with Crippen LogP contribution >= 0.6 is 12.4 Å². The first-order valence-electron chi connectivity index (χ1n) is 6.85. The monoisotopic (exact) mass is 300 g/mol. The number of carbonyl (C=O) groups is 1. The Balaban J connectivity index is 0.00000200. The third-order valence-corrected chi connectivity index (χ3v) is 3.71. The van der Waals surface area contributed by atoms with Gasteiger partial charge < -0.3 is 10.6 Å². The maximum Gasteiger partial charge on any atom is 0.251 e. The van der Waals surface area contributed by atoms with E-state index in [0.29, 0.717) is 11.5 Å². The van der Waals surface area contributed by atoms with Gasteiger partial charge in [-0.15, -0.1) is 12.4 Å². The van der Waals surface area contributed by atoms with Crippen LogP contribution in [0.4, 0.5) is 4.39 Å². The molecule has 0 aromatic heterocycles. The van der Waals surface area contributed by atoms with Crippen LogP contribution in [0.3, 0.4) is 0 Å². The van der Waals surface area contributed by atoms with Crippen molar-refractivity contribution in [1.29, 1.82) is 0 Å². The molecule has 20 heavy (non-hydrogen) atoms. The fourth-order valence-corrected chi connectivity index (χ4v) is 2.58. The second kappa shape index (κ2) is 7.60. The van der Waals surface area contributed by atoms with Crippen LogP contribution in [-0.4, -0.2) is 25.0 Å². The predicted molar refractivity (Wildman–Crippen MR) is 80.9 cm³/mol.